The van der Waals surface area contributed by atoms with E-state index in [1.165, 1.54) is 6.33 Å². The number of benzene rings is 1. The fourth-order valence-electron chi connectivity index (χ4n) is 2.43. The summed E-state index contributed by atoms with van der Waals surface area (Å²) in [5.74, 6) is 0.963. The molecule has 0 saturated carbocycles. The molecule has 118 valence electrons. The van der Waals surface area contributed by atoms with E-state index in [0.29, 0.717) is 23.1 Å². The second-order valence-electron chi connectivity index (χ2n) is 5.31. The zero-order valence-electron chi connectivity index (χ0n) is 13.2. The minimum atomic E-state index is 0.462. The van der Waals surface area contributed by atoms with Crippen LogP contribution in [-0.4, -0.2) is 34.8 Å². The number of aromatic nitrogens is 7. The lowest BCUT2D eigenvalue weighted by Gasteiger charge is -2.09. The van der Waals surface area contributed by atoms with E-state index in [-0.39, 0.29) is 0 Å². The van der Waals surface area contributed by atoms with E-state index < -0.39 is 0 Å². The highest BCUT2D eigenvalue weighted by Gasteiger charge is 2.12. The molecule has 1 N–H and O–H groups in total. The van der Waals surface area contributed by atoms with Crippen molar-refractivity contribution >= 4 is 17.4 Å². The monoisotopic (exact) mass is 318 g/mol. The van der Waals surface area contributed by atoms with Gasteiger partial charge in [0.2, 0.25) is 5.95 Å². The molecule has 0 aliphatic carbocycles. The van der Waals surface area contributed by atoms with Gasteiger partial charge in [-0.3, -0.25) is 0 Å². The Morgan fingerprint density at radius 2 is 1.88 bits per heavy atom. The maximum Gasteiger partial charge on any atom is 0.271 e. The summed E-state index contributed by atoms with van der Waals surface area (Å²) in [5, 5.41) is 15.7. The number of nitrogens with one attached hydrogen (secondary N) is 1. The molecule has 3 heterocycles. The number of hydrogen-bond donors (Lipinski definition) is 1. The number of hydrogen-bond acceptors (Lipinski definition) is 7. The first-order valence-electron chi connectivity index (χ1n) is 7.41. The minimum Gasteiger partial charge on any atom is -0.324 e. The van der Waals surface area contributed by atoms with Crippen LogP contribution in [0.25, 0.3) is 17.2 Å². The minimum absolute atomic E-state index is 0.462. The van der Waals surface area contributed by atoms with E-state index in [0.717, 1.165) is 16.9 Å². The third-order valence-electron chi connectivity index (χ3n) is 3.72. The molecular formula is C16H14N8. The number of para-hydroxylation sites is 1. The second-order valence-corrected chi connectivity index (χ2v) is 5.31. The maximum atomic E-state index is 4.55. The van der Waals surface area contributed by atoms with Crippen molar-refractivity contribution < 1.29 is 0 Å². The number of anilines is 2. The Bertz CT molecular complexity index is 1020. The van der Waals surface area contributed by atoms with Crippen molar-refractivity contribution in [2.45, 2.75) is 13.8 Å². The van der Waals surface area contributed by atoms with Gasteiger partial charge in [0.25, 0.3) is 5.78 Å². The average Bonchev–Trinajstić information content (AvgIpc) is 3.07. The molecule has 1 aromatic carbocycles. The molecule has 4 rings (SSSR count). The SMILES string of the molecule is Cc1ccccc1Nc1nccc(-c2nnc3ncnn3c2C)n1. The predicted molar refractivity (Wildman–Crippen MR) is 88.8 cm³/mol. The van der Waals surface area contributed by atoms with Crippen molar-refractivity contribution in [3.05, 3.63) is 54.1 Å². The zero-order valence-corrected chi connectivity index (χ0v) is 13.2. The summed E-state index contributed by atoms with van der Waals surface area (Å²) in [5.41, 5.74) is 4.21. The van der Waals surface area contributed by atoms with E-state index in [1.807, 2.05) is 38.1 Å². The number of aryl methyl sites for hydroxylation is 2. The second kappa shape index (κ2) is 5.65. The van der Waals surface area contributed by atoms with Crippen LogP contribution in [0.2, 0.25) is 0 Å². The summed E-state index contributed by atoms with van der Waals surface area (Å²) in [6.45, 7) is 3.93. The van der Waals surface area contributed by atoms with Crippen LogP contribution in [0.3, 0.4) is 0 Å². The lowest BCUT2D eigenvalue weighted by atomic mass is 10.2. The first-order chi connectivity index (χ1) is 11.7. The lowest BCUT2D eigenvalue weighted by Crippen LogP contribution is -2.05. The molecule has 0 unspecified atom stereocenters. The van der Waals surface area contributed by atoms with Crippen molar-refractivity contribution in [1.29, 1.82) is 0 Å². The molecule has 3 aromatic heterocycles. The van der Waals surface area contributed by atoms with Gasteiger partial charge in [-0.05, 0) is 31.5 Å². The summed E-state index contributed by atoms with van der Waals surface area (Å²) in [6.07, 6.45) is 3.14. The average molecular weight is 318 g/mol. The van der Waals surface area contributed by atoms with Gasteiger partial charge < -0.3 is 5.32 Å². The van der Waals surface area contributed by atoms with E-state index in [9.17, 15) is 0 Å². The van der Waals surface area contributed by atoms with Crippen LogP contribution in [0, 0.1) is 13.8 Å². The molecule has 0 atom stereocenters. The third-order valence-corrected chi connectivity index (χ3v) is 3.72. The predicted octanol–water partition coefficient (Wildman–Crippen LogP) is 2.34. The molecule has 0 radical (unpaired) electrons. The highest BCUT2D eigenvalue weighted by atomic mass is 15.4. The lowest BCUT2D eigenvalue weighted by molar-refractivity contribution is 0.850. The van der Waals surface area contributed by atoms with Crippen molar-refractivity contribution in [3.8, 4) is 11.4 Å². The quantitative estimate of drug-likeness (QED) is 0.619. The Morgan fingerprint density at radius 3 is 2.75 bits per heavy atom. The summed E-state index contributed by atoms with van der Waals surface area (Å²) in [6, 6.07) is 9.76. The van der Waals surface area contributed by atoms with E-state index in [4.69, 9.17) is 0 Å². The summed E-state index contributed by atoms with van der Waals surface area (Å²) < 4.78 is 1.64. The summed E-state index contributed by atoms with van der Waals surface area (Å²) in [7, 11) is 0. The van der Waals surface area contributed by atoms with Gasteiger partial charge in [0, 0.05) is 11.9 Å². The zero-order chi connectivity index (χ0) is 16.5. The van der Waals surface area contributed by atoms with E-state index in [2.05, 4.69) is 35.6 Å². The molecule has 0 aliphatic rings. The smallest absolute Gasteiger partial charge is 0.271 e. The Labute approximate surface area is 137 Å². The van der Waals surface area contributed by atoms with Gasteiger partial charge >= 0.3 is 0 Å². The van der Waals surface area contributed by atoms with Gasteiger partial charge in [0.15, 0.2) is 0 Å². The molecule has 0 saturated heterocycles. The molecule has 8 heteroatoms. The highest BCUT2D eigenvalue weighted by molar-refractivity contribution is 5.62. The first-order valence-corrected chi connectivity index (χ1v) is 7.41. The molecule has 4 aromatic rings. The van der Waals surface area contributed by atoms with Gasteiger partial charge in [-0.1, -0.05) is 18.2 Å². The van der Waals surface area contributed by atoms with Crippen LogP contribution in [-0.2, 0) is 0 Å². The molecular weight excluding hydrogens is 304 g/mol. The Balaban J connectivity index is 1.74. The molecule has 8 nitrogen and oxygen atoms in total. The van der Waals surface area contributed by atoms with Gasteiger partial charge in [-0.15, -0.1) is 10.2 Å². The van der Waals surface area contributed by atoms with E-state index in [1.54, 1.807) is 16.8 Å². The van der Waals surface area contributed by atoms with Gasteiger partial charge in [-0.2, -0.15) is 14.6 Å². The summed E-state index contributed by atoms with van der Waals surface area (Å²) >= 11 is 0. The van der Waals surface area contributed by atoms with Crippen LogP contribution in [0.4, 0.5) is 11.6 Å². The van der Waals surface area contributed by atoms with E-state index >= 15 is 0 Å². The van der Waals surface area contributed by atoms with Gasteiger partial charge in [0.05, 0.1) is 11.4 Å². The molecule has 0 fully saturated rings. The maximum absolute atomic E-state index is 4.55. The molecule has 24 heavy (non-hydrogen) atoms. The molecule has 0 aliphatic heterocycles. The third kappa shape index (κ3) is 2.43. The fourth-order valence-corrected chi connectivity index (χ4v) is 2.43. The van der Waals surface area contributed by atoms with Crippen LogP contribution >= 0.6 is 0 Å². The van der Waals surface area contributed by atoms with Crippen molar-refractivity contribution in [2.24, 2.45) is 0 Å². The molecule has 0 bridgehead atoms. The van der Waals surface area contributed by atoms with Crippen LogP contribution in [0.15, 0.2) is 42.9 Å². The normalized spacial score (nSPS) is 10.9. The van der Waals surface area contributed by atoms with Gasteiger partial charge in [0.1, 0.15) is 12.0 Å². The number of nitrogens with zero attached hydrogens (tertiary/aromatic N) is 7. The largest absolute Gasteiger partial charge is 0.324 e. The summed E-state index contributed by atoms with van der Waals surface area (Å²) in [4.78, 5) is 12.9. The van der Waals surface area contributed by atoms with Crippen LogP contribution in [0.5, 0.6) is 0 Å². The topological polar surface area (TPSA) is 93.8 Å². The number of fused-ring (bicyclic) bond motifs is 1. The standard InChI is InChI=1S/C16H14N8/c1-10-5-3-4-6-12(10)20-15-17-8-7-13(21-15)14-11(2)24-16(23-22-14)18-9-19-24/h3-9H,1-2H3,(H,17,20,21). The van der Waals surface area contributed by atoms with Crippen molar-refractivity contribution in [1.82, 2.24) is 34.8 Å². The Hall–Kier alpha value is -3.42. The Morgan fingerprint density at radius 1 is 1.00 bits per heavy atom. The van der Waals surface area contributed by atoms with Crippen molar-refractivity contribution in [3.63, 3.8) is 0 Å². The highest BCUT2D eigenvalue weighted by Crippen LogP contribution is 2.21. The molecule has 0 amide bonds. The number of rotatable bonds is 3. The van der Waals surface area contributed by atoms with Crippen LogP contribution < -0.4 is 5.32 Å². The first kappa shape index (κ1) is 14.2. The molecule has 0 spiro atoms. The fraction of sp³-hybridized carbons (Fsp3) is 0.125. The van der Waals surface area contributed by atoms with Crippen molar-refractivity contribution in [2.75, 3.05) is 5.32 Å². The Kier molecular flexibility index (Phi) is 3.34. The van der Waals surface area contributed by atoms with Crippen LogP contribution in [0.1, 0.15) is 11.3 Å². The van der Waals surface area contributed by atoms with Gasteiger partial charge in [-0.25, -0.2) is 9.97 Å².